The fraction of sp³-hybridized carbons (Fsp3) is 0.455. The van der Waals surface area contributed by atoms with Crippen LogP contribution in [0.25, 0.3) is 0 Å². The van der Waals surface area contributed by atoms with Gasteiger partial charge in [0.05, 0.1) is 8.07 Å². The average molecular weight is 208 g/mol. The Labute approximate surface area is 85.8 Å². The topological polar surface area (TPSA) is 0 Å². The summed E-state index contributed by atoms with van der Waals surface area (Å²) in [6.07, 6.45) is 0. The predicted molar refractivity (Wildman–Crippen MR) is 68.5 cm³/mol. The zero-order valence-electron chi connectivity index (χ0n) is 9.65. The van der Waals surface area contributed by atoms with Crippen molar-refractivity contribution < 1.29 is 0 Å². The molecule has 0 radical (unpaired) electrons. The lowest BCUT2D eigenvalue weighted by molar-refractivity contribution is 1.45. The molecule has 0 amide bonds. The van der Waals surface area contributed by atoms with Crippen molar-refractivity contribution in [3.63, 3.8) is 0 Å². The molecule has 0 aromatic heterocycles. The van der Waals surface area contributed by atoms with E-state index in [0.29, 0.717) is 0 Å². The highest BCUT2D eigenvalue weighted by molar-refractivity contribution is 6.89. The first kappa shape index (κ1) is 10.7. The first-order chi connectivity index (χ1) is 5.82. The first-order valence-electron chi connectivity index (χ1n) is 4.90. The van der Waals surface area contributed by atoms with Crippen molar-refractivity contribution in [2.75, 3.05) is 0 Å². The van der Waals surface area contributed by atoms with Gasteiger partial charge >= 0.3 is 0 Å². The monoisotopic (exact) mass is 208 g/mol. The highest BCUT2D eigenvalue weighted by Crippen LogP contribution is 2.06. The van der Waals surface area contributed by atoms with Crippen molar-refractivity contribution in [1.82, 2.24) is 0 Å². The van der Waals surface area contributed by atoms with Crippen molar-refractivity contribution in [1.29, 1.82) is 0 Å². The molecule has 1 rings (SSSR count). The average Bonchev–Trinajstić information content (AvgIpc) is 1.94. The molecule has 0 heterocycles. The maximum absolute atomic E-state index is 2.42. The number of hydrogen-bond donors (Lipinski definition) is 0. The van der Waals surface area contributed by atoms with E-state index in [-0.39, 0.29) is 0 Å². The van der Waals surface area contributed by atoms with Gasteiger partial charge in [-0.2, -0.15) is 0 Å². The second-order valence-electron chi connectivity index (χ2n) is 5.00. The van der Waals surface area contributed by atoms with Gasteiger partial charge in [-0.3, -0.25) is 0 Å². The fourth-order valence-electron chi connectivity index (χ4n) is 1.77. The van der Waals surface area contributed by atoms with E-state index in [1.807, 2.05) is 0 Å². The van der Waals surface area contributed by atoms with E-state index in [2.05, 4.69) is 45.6 Å². The normalized spacial score (nSPS) is 12.1. The summed E-state index contributed by atoms with van der Waals surface area (Å²) < 4.78 is 0. The van der Waals surface area contributed by atoms with Crippen LogP contribution in [0.4, 0.5) is 0 Å². The first-order valence-corrected chi connectivity index (χ1v) is 9.40. The summed E-state index contributed by atoms with van der Waals surface area (Å²) in [5.41, 5.74) is 3.00. The van der Waals surface area contributed by atoms with Crippen LogP contribution in [0.3, 0.4) is 0 Å². The Morgan fingerprint density at radius 1 is 1.00 bits per heavy atom. The SMILES string of the molecule is Cc1cc([Si](C)(C)C)c(C)cc1[SiH3]. The van der Waals surface area contributed by atoms with Gasteiger partial charge in [-0.1, -0.05) is 53.3 Å². The largest absolute Gasteiger partial charge is 0.0779 e. The van der Waals surface area contributed by atoms with Crippen molar-refractivity contribution in [2.24, 2.45) is 0 Å². The summed E-state index contributed by atoms with van der Waals surface area (Å²) in [7, 11) is 0.0581. The molecule has 13 heavy (non-hydrogen) atoms. The molecule has 1 aromatic carbocycles. The molecule has 0 atom stereocenters. The van der Waals surface area contributed by atoms with Crippen molar-refractivity contribution in [3.05, 3.63) is 23.3 Å². The Kier molecular flexibility index (Phi) is 2.83. The minimum atomic E-state index is -1.12. The van der Waals surface area contributed by atoms with Gasteiger partial charge in [0, 0.05) is 10.2 Å². The molecule has 0 spiro atoms. The van der Waals surface area contributed by atoms with Gasteiger partial charge in [-0.25, -0.2) is 0 Å². The molecule has 0 aliphatic rings. The Balaban J connectivity index is 3.32. The Bertz CT molecular complexity index is 322. The van der Waals surface area contributed by atoms with Crippen LogP contribution in [-0.4, -0.2) is 18.3 Å². The van der Waals surface area contributed by atoms with Crippen molar-refractivity contribution >= 4 is 28.7 Å². The molecular formula is C11H20Si2. The standard InChI is InChI=1S/C11H20Si2/c1-8-7-11(13(3,4)5)9(2)6-10(8)12/h6-7H,1-5,12H3. The fourth-order valence-corrected chi connectivity index (χ4v) is 4.25. The Morgan fingerprint density at radius 3 is 2.00 bits per heavy atom. The Morgan fingerprint density at radius 2 is 1.54 bits per heavy atom. The van der Waals surface area contributed by atoms with Gasteiger partial charge < -0.3 is 0 Å². The molecule has 0 N–H and O–H groups in total. The van der Waals surface area contributed by atoms with Crippen LogP contribution in [0.15, 0.2) is 12.1 Å². The lowest BCUT2D eigenvalue weighted by Crippen LogP contribution is -2.40. The summed E-state index contributed by atoms with van der Waals surface area (Å²) in [6, 6.07) is 4.80. The molecule has 2 heteroatoms. The van der Waals surface area contributed by atoms with Crippen LogP contribution < -0.4 is 10.4 Å². The zero-order chi connectivity index (χ0) is 10.2. The van der Waals surface area contributed by atoms with Crippen molar-refractivity contribution in [2.45, 2.75) is 33.5 Å². The van der Waals surface area contributed by atoms with E-state index in [1.165, 1.54) is 21.4 Å². The minimum absolute atomic E-state index is 1.12. The van der Waals surface area contributed by atoms with Gasteiger partial charge in [0.25, 0.3) is 0 Å². The van der Waals surface area contributed by atoms with Crippen molar-refractivity contribution in [3.8, 4) is 0 Å². The number of hydrogen-bond acceptors (Lipinski definition) is 0. The van der Waals surface area contributed by atoms with E-state index in [9.17, 15) is 0 Å². The smallest absolute Gasteiger partial charge is 0.0677 e. The molecule has 0 saturated carbocycles. The lowest BCUT2D eigenvalue weighted by atomic mass is 10.2. The van der Waals surface area contributed by atoms with Crippen LogP contribution in [-0.2, 0) is 0 Å². The molecule has 0 nitrogen and oxygen atoms in total. The summed E-state index contributed by atoms with van der Waals surface area (Å²) in [5, 5.41) is 3.18. The van der Waals surface area contributed by atoms with Crippen LogP contribution in [0.5, 0.6) is 0 Å². The summed E-state index contributed by atoms with van der Waals surface area (Å²) in [6.45, 7) is 11.8. The molecule has 0 aliphatic heterocycles. The maximum Gasteiger partial charge on any atom is 0.0779 e. The molecule has 1 aromatic rings. The van der Waals surface area contributed by atoms with Crippen LogP contribution in [0.2, 0.25) is 19.6 Å². The van der Waals surface area contributed by atoms with Gasteiger partial charge in [0.2, 0.25) is 0 Å². The van der Waals surface area contributed by atoms with E-state index in [4.69, 9.17) is 0 Å². The molecule has 0 bridgehead atoms. The highest BCUT2D eigenvalue weighted by atomic mass is 28.3. The predicted octanol–water partition coefficient (Wildman–Crippen LogP) is 0.839. The van der Waals surface area contributed by atoms with E-state index < -0.39 is 8.07 Å². The minimum Gasteiger partial charge on any atom is -0.0677 e. The van der Waals surface area contributed by atoms with Crippen LogP contribution in [0.1, 0.15) is 11.1 Å². The van der Waals surface area contributed by atoms with Crippen LogP contribution in [0, 0.1) is 13.8 Å². The molecular weight excluding hydrogens is 188 g/mol. The van der Waals surface area contributed by atoms with E-state index in [1.54, 1.807) is 10.4 Å². The maximum atomic E-state index is 2.42. The summed E-state index contributed by atoms with van der Waals surface area (Å²) in [4.78, 5) is 0. The quantitative estimate of drug-likeness (QED) is 0.600. The van der Waals surface area contributed by atoms with Gasteiger partial charge in [0.15, 0.2) is 0 Å². The number of rotatable bonds is 1. The third kappa shape index (κ3) is 2.32. The Hall–Kier alpha value is -0.346. The third-order valence-electron chi connectivity index (χ3n) is 2.65. The number of benzene rings is 1. The molecule has 0 aliphatic carbocycles. The molecule has 0 fully saturated rings. The van der Waals surface area contributed by atoms with E-state index in [0.717, 1.165) is 0 Å². The van der Waals surface area contributed by atoms with Gasteiger partial charge in [0.1, 0.15) is 0 Å². The molecule has 0 unspecified atom stereocenters. The molecule has 0 saturated heterocycles. The van der Waals surface area contributed by atoms with Crippen LogP contribution >= 0.6 is 0 Å². The van der Waals surface area contributed by atoms with E-state index >= 15 is 0 Å². The number of aryl methyl sites for hydroxylation is 2. The lowest BCUT2D eigenvalue weighted by Gasteiger charge is -2.21. The molecule has 72 valence electrons. The summed E-state index contributed by atoms with van der Waals surface area (Å²) >= 11 is 0. The second kappa shape index (κ2) is 3.42. The van der Waals surface area contributed by atoms with Gasteiger partial charge in [-0.15, -0.1) is 0 Å². The summed E-state index contributed by atoms with van der Waals surface area (Å²) in [5.74, 6) is 0. The second-order valence-corrected chi connectivity index (χ2v) is 11.1. The zero-order valence-corrected chi connectivity index (χ0v) is 12.7. The highest BCUT2D eigenvalue weighted by Gasteiger charge is 2.18. The van der Waals surface area contributed by atoms with Gasteiger partial charge in [-0.05, 0) is 13.8 Å². The third-order valence-corrected chi connectivity index (χ3v) is 5.88.